The van der Waals surface area contributed by atoms with E-state index in [1.165, 1.54) is 6.33 Å². The summed E-state index contributed by atoms with van der Waals surface area (Å²) in [4.78, 5) is 16.7. The van der Waals surface area contributed by atoms with Crippen LogP contribution in [0, 0.1) is 0 Å². The minimum Gasteiger partial charge on any atom is -0.489 e. The average Bonchev–Trinajstić information content (AvgIpc) is 3.34. The molecule has 1 N–H and O–H groups in total. The van der Waals surface area contributed by atoms with E-state index in [9.17, 15) is 4.79 Å². The number of nitrogens with zero attached hydrogens (tertiary/aromatic N) is 3. The van der Waals surface area contributed by atoms with Crippen molar-refractivity contribution in [2.75, 3.05) is 0 Å². The van der Waals surface area contributed by atoms with Crippen molar-refractivity contribution in [3.05, 3.63) is 108 Å². The van der Waals surface area contributed by atoms with Crippen LogP contribution >= 0.6 is 0 Å². The molecule has 0 aliphatic rings. The predicted molar refractivity (Wildman–Crippen MR) is 114 cm³/mol. The number of aromatic nitrogens is 3. The second-order valence-electron chi connectivity index (χ2n) is 6.93. The molecule has 1 aromatic heterocycles. The highest BCUT2D eigenvalue weighted by Gasteiger charge is 2.12. The first-order valence-corrected chi connectivity index (χ1v) is 9.71. The molecule has 0 unspecified atom stereocenters. The molecule has 0 saturated carbocycles. The van der Waals surface area contributed by atoms with E-state index < -0.39 is 0 Å². The standard InChI is InChI=1S/C24H22N4O2/c1-18(20-10-12-22(13-11-20)28-17-25-16-26-28)27-24(29)21-8-5-9-23(14-21)30-15-19-6-3-2-4-7-19/h2-14,16-18H,15H2,1H3,(H,27,29)/t18-/m1/s1. The number of nitrogens with one attached hydrogen (secondary N) is 1. The van der Waals surface area contributed by atoms with Crippen molar-refractivity contribution in [3.8, 4) is 11.4 Å². The first-order chi connectivity index (χ1) is 14.7. The van der Waals surface area contributed by atoms with Crippen LogP contribution in [0.3, 0.4) is 0 Å². The van der Waals surface area contributed by atoms with Gasteiger partial charge in [-0.2, -0.15) is 5.10 Å². The zero-order valence-electron chi connectivity index (χ0n) is 16.6. The fourth-order valence-electron chi connectivity index (χ4n) is 3.09. The number of carbonyl (C=O) groups is 1. The van der Waals surface area contributed by atoms with Gasteiger partial charge in [-0.15, -0.1) is 0 Å². The van der Waals surface area contributed by atoms with Gasteiger partial charge in [-0.3, -0.25) is 4.79 Å². The molecule has 0 radical (unpaired) electrons. The number of rotatable bonds is 7. The number of hydrogen-bond donors (Lipinski definition) is 1. The molecular formula is C24H22N4O2. The average molecular weight is 398 g/mol. The summed E-state index contributed by atoms with van der Waals surface area (Å²) in [5, 5.41) is 7.15. The van der Waals surface area contributed by atoms with Gasteiger partial charge in [0.15, 0.2) is 0 Å². The van der Waals surface area contributed by atoms with Crippen LogP contribution in [0.1, 0.15) is 34.5 Å². The lowest BCUT2D eigenvalue weighted by Gasteiger charge is -2.15. The first-order valence-electron chi connectivity index (χ1n) is 9.71. The van der Waals surface area contributed by atoms with Gasteiger partial charge in [0.2, 0.25) is 0 Å². The van der Waals surface area contributed by atoms with Gasteiger partial charge in [-0.1, -0.05) is 48.5 Å². The Morgan fingerprint density at radius 3 is 2.57 bits per heavy atom. The number of benzene rings is 3. The molecule has 0 aliphatic carbocycles. The largest absolute Gasteiger partial charge is 0.489 e. The van der Waals surface area contributed by atoms with E-state index >= 15 is 0 Å². The Balaban J connectivity index is 1.38. The van der Waals surface area contributed by atoms with E-state index in [-0.39, 0.29) is 11.9 Å². The van der Waals surface area contributed by atoms with Crippen LogP contribution in [0.4, 0.5) is 0 Å². The molecule has 150 valence electrons. The first kappa shape index (κ1) is 19.4. The normalized spacial score (nSPS) is 11.6. The summed E-state index contributed by atoms with van der Waals surface area (Å²) in [6.45, 7) is 2.42. The van der Waals surface area contributed by atoms with Crippen molar-refractivity contribution in [1.82, 2.24) is 20.1 Å². The summed E-state index contributed by atoms with van der Waals surface area (Å²) < 4.78 is 7.52. The molecule has 4 aromatic rings. The zero-order chi connectivity index (χ0) is 20.8. The maximum atomic E-state index is 12.7. The number of carbonyl (C=O) groups excluding carboxylic acids is 1. The third-order valence-corrected chi connectivity index (χ3v) is 4.77. The predicted octanol–water partition coefficient (Wildman–Crippen LogP) is 4.34. The Morgan fingerprint density at radius 2 is 1.83 bits per heavy atom. The molecule has 0 fully saturated rings. The van der Waals surface area contributed by atoms with Crippen LogP contribution in [0.25, 0.3) is 5.69 Å². The van der Waals surface area contributed by atoms with Gasteiger partial charge >= 0.3 is 0 Å². The third kappa shape index (κ3) is 4.72. The third-order valence-electron chi connectivity index (χ3n) is 4.77. The van der Waals surface area contributed by atoms with Crippen LogP contribution in [-0.4, -0.2) is 20.7 Å². The van der Waals surface area contributed by atoms with E-state index in [0.717, 1.165) is 16.8 Å². The highest BCUT2D eigenvalue weighted by atomic mass is 16.5. The van der Waals surface area contributed by atoms with Crippen LogP contribution in [-0.2, 0) is 6.61 Å². The van der Waals surface area contributed by atoms with Gasteiger partial charge in [0.05, 0.1) is 11.7 Å². The SMILES string of the molecule is C[C@@H](NC(=O)c1cccc(OCc2ccccc2)c1)c1ccc(-n2cncn2)cc1. The van der Waals surface area contributed by atoms with Crippen molar-refractivity contribution in [1.29, 1.82) is 0 Å². The smallest absolute Gasteiger partial charge is 0.251 e. The van der Waals surface area contributed by atoms with E-state index in [1.807, 2.05) is 73.7 Å². The van der Waals surface area contributed by atoms with Crippen LogP contribution in [0.15, 0.2) is 91.5 Å². The fraction of sp³-hybridized carbons (Fsp3) is 0.125. The Bertz CT molecular complexity index is 1090. The van der Waals surface area contributed by atoms with E-state index in [4.69, 9.17) is 4.74 Å². The number of hydrogen-bond acceptors (Lipinski definition) is 4. The van der Waals surface area contributed by atoms with Gasteiger partial charge in [0, 0.05) is 5.56 Å². The summed E-state index contributed by atoms with van der Waals surface area (Å²) in [6.07, 6.45) is 3.14. The molecule has 1 heterocycles. The van der Waals surface area contributed by atoms with Gasteiger partial charge in [-0.05, 0) is 48.4 Å². The van der Waals surface area contributed by atoms with E-state index in [2.05, 4.69) is 15.4 Å². The molecule has 0 spiro atoms. The van der Waals surface area contributed by atoms with Crippen molar-refractivity contribution >= 4 is 5.91 Å². The van der Waals surface area contributed by atoms with Gasteiger partial charge in [0.1, 0.15) is 25.0 Å². The van der Waals surface area contributed by atoms with Gasteiger partial charge < -0.3 is 10.1 Å². The molecule has 4 rings (SSSR count). The lowest BCUT2D eigenvalue weighted by Crippen LogP contribution is -2.26. The summed E-state index contributed by atoms with van der Waals surface area (Å²) in [7, 11) is 0. The fourth-order valence-corrected chi connectivity index (χ4v) is 3.09. The summed E-state index contributed by atoms with van der Waals surface area (Å²) in [5.74, 6) is 0.518. The monoisotopic (exact) mass is 398 g/mol. The van der Waals surface area contributed by atoms with Crippen molar-refractivity contribution in [2.45, 2.75) is 19.6 Å². The maximum Gasteiger partial charge on any atom is 0.251 e. The topological polar surface area (TPSA) is 69.0 Å². The molecule has 6 nitrogen and oxygen atoms in total. The number of amides is 1. The molecule has 1 atom stereocenters. The molecular weight excluding hydrogens is 376 g/mol. The summed E-state index contributed by atoms with van der Waals surface area (Å²) in [6, 6.07) is 24.9. The Labute approximate surface area is 175 Å². The maximum absolute atomic E-state index is 12.7. The van der Waals surface area contributed by atoms with Crippen LogP contribution < -0.4 is 10.1 Å². The molecule has 30 heavy (non-hydrogen) atoms. The van der Waals surface area contributed by atoms with Crippen LogP contribution in [0.5, 0.6) is 5.75 Å². The van der Waals surface area contributed by atoms with Crippen molar-refractivity contribution in [2.24, 2.45) is 0 Å². The highest BCUT2D eigenvalue weighted by molar-refractivity contribution is 5.94. The molecule has 6 heteroatoms. The minimum absolute atomic E-state index is 0.142. The Morgan fingerprint density at radius 1 is 1.03 bits per heavy atom. The highest BCUT2D eigenvalue weighted by Crippen LogP contribution is 2.18. The van der Waals surface area contributed by atoms with E-state index in [0.29, 0.717) is 17.9 Å². The molecule has 0 aliphatic heterocycles. The Hall–Kier alpha value is -3.93. The summed E-state index contributed by atoms with van der Waals surface area (Å²) in [5.41, 5.74) is 3.56. The van der Waals surface area contributed by atoms with Crippen molar-refractivity contribution in [3.63, 3.8) is 0 Å². The van der Waals surface area contributed by atoms with Crippen molar-refractivity contribution < 1.29 is 9.53 Å². The van der Waals surface area contributed by atoms with Gasteiger partial charge in [0.25, 0.3) is 5.91 Å². The van der Waals surface area contributed by atoms with Crippen LogP contribution in [0.2, 0.25) is 0 Å². The summed E-state index contributed by atoms with van der Waals surface area (Å²) >= 11 is 0. The molecule has 1 amide bonds. The second kappa shape index (κ2) is 9.05. The lowest BCUT2D eigenvalue weighted by atomic mass is 10.1. The van der Waals surface area contributed by atoms with Gasteiger partial charge in [-0.25, -0.2) is 9.67 Å². The van der Waals surface area contributed by atoms with E-state index in [1.54, 1.807) is 23.1 Å². The minimum atomic E-state index is -0.145. The Kier molecular flexibility index (Phi) is 5.85. The lowest BCUT2D eigenvalue weighted by molar-refractivity contribution is 0.0939. The molecule has 0 saturated heterocycles. The zero-order valence-corrected chi connectivity index (χ0v) is 16.6. The quantitative estimate of drug-likeness (QED) is 0.503. The number of ether oxygens (including phenoxy) is 1. The molecule has 3 aromatic carbocycles. The second-order valence-corrected chi connectivity index (χ2v) is 6.93. The molecule has 0 bridgehead atoms.